The van der Waals surface area contributed by atoms with E-state index in [0.717, 1.165) is 6.54 Å². The van der Waals surface area contributed by atoms with E-state index in [0.29, 0.717) is 24.0 Å². The molecular formula is C12H20N4O. The van der Waals surface area contributed by atoms with Crippen molar-refractivity contribution in [1.29, 1.82) is 0 Å². The van der Waals surface area contributed by atoms with Crippen molar-refractivity contribution in [2.24, 2.45) is 5.92 Å². The maximum absolute atomic E-state index is 12.0. The lowest BCUT2D eigenvalue weighted by atomic mass is 10.2. The molecule has 5 heteroatoms. The van der Waals surface area contributed by atoms with Crippen LogP contribution in [0.3, 0.4) is 0 Å². The minimum absolute atomic E-state index is 0.0917. The zero-order chi connectivity index (χ0) is 12.8. The molecule has 0 aliphatic rings. The Morgan fingerprint density at radius 1 is 1.47 bits per heavy atom. The van der Waals surface area contributed by atoms with Gasteiger partial charge in [0.05, 0.1) is 12.4 Å². The van der Waals surface area contributed by atoms with E-state index in [1.807, 2.05) is 6.92 Å². The first-order valence-corrected chi connectivity index (χ1v) is 5.86. The van der Waals surface area contributed by atoms with Crippen LogP contribution in [-0.4, -0.2) is 40.9 Å². The lowest BCUT2D eigenvalue weighted by Gasteiger charge is -2.18. The monoisotopic (exact) mass is 236 g/mol. The van der Waals surface area contributed by atoms with Crippen LogP contribution >= 0.6 is 0 Å². The fourth-order valence-corrected chi connectivity index (χ4v) is 1.56. The Morgan fingerprint density at radius 2 is 2.18 bits per heavy atom. The lowest BCUT2D eigenvalue weighted by molar-refractivity contribution is 0.0773. The van der Waals surface area contributed by atoms with Crippen molar-refractivity contribution in [3.8, 4) is 0 Å². The molecule has 0 radical (unpaired) electrons. The largest absolute Gasteiger partial charge is 0.369 e. The van der Waals surface area contributed by atoms with E-state index in [-0.39, 0.29) is 5.91 Å². The number of rotatable bonds is 5. The Bertz CT molecular complexity index is 379. The first-order valence-electron chi connectivity index (χ1n) is 5.86. The summed E-state index contributed by atoms with van der Waals surface area (Å²) in [5, 5.41) is 3.04. The molecule has 1 amide bonds. The molecule has 1 N–H and O–H groups in total. The van der Waals surface area contributed by atoms with Crippen molar-refractivity contribution in [1.82, 2.24) is 14.9 Å². The average Bonchev–Trinajstić information content (AvgIpc) is 2.28. The second-order valence-electron chi connectivity index (χ2n) is 4.40. The summed E-state index contributed by atoms with van der Waals surface area (Å²) >= 11 is 0. The van der Waals surface area contributed by atoms with E-state index in [1.165, 1.54) is 6.20 Å². The highest BCUT2D eigenvalue weighted by Crippen LogP contribution is 2.06. The van der Waals surface area contributed by atoms with Crippen molar-refractivity contribution >= 4 is 11.7 Å². The molecule has 5 nitrogen and oxygen atoms in total. The van der Waals surface area contributed by atoms with Gasteiger partial charge in [0.1, 0.15) is 11.5 Å². The van der Waals surface area contributed by atoms with Gasteiger partial charge in [-0.05, 0) is 12.8 Å². The van der Waals surface area contributed by atoms with Gasteiger partial charge in [-0.15, -0.1) is 0 Å². The van der Waals surface area contributed by atoms with Gasteiger partial charge in [-0.2, -0.15) is 0 Å². The molecule has 0 aromatic carbocycles. The van der Waals surface area contributed by atoms with Crippen molar-refractivity contribution < 1.29 is 4.79 Å². The predicted molar refractivity (Wildman–Crippen MR) is 68.0 cm³/mol. The summed E-state index contributed by atoms with van der Waals surface area (Å²) < 4.78 is 0. The van der Waals surface area contributed by atoms with Gasteiger partial charge in [-0.3, -0.25) is 9.78 Å². The van der Waals surface area contributed by atoms with Gasteiger partial charge in [-0.1, -0.05) is 13.8 Å². The van der Waals surface area contributed by atoms with Crippen LogP contribution in [0.5, 0.6) is 0 Å². The summed E-state index contributed by atoms with van der Waals surface area (Å²) in [6.45, 7) is 7.59. The molecule has 0 aliphatic heterocycles. The Morgan fingerprint density at radius 3 is 2.76 bits per heavy atom. The number of hydrogen-bond donors (Lipinski definition) is 1. The highest BCUT2D eigenvalue weighted by Gasteiger charge is 2.14. The topological polar surface area (TPSA) is 58.1 Å². The van der Waals surface area contributed by atoms with Crippen molar-refractivity contribution in [2.45, 2.75) is 20.8 Å². The van der Waals surface area contributed by atoms with Crippen LogP contribution in [-0.2, 0) is 0 Å². The number of anilines is 1. The molecule has 0 unspecified atom stereocenters. The summed E-state index contributed by atoms with van der Waals surface area (Å²) in [4.78, 5) is 21.9. The van der Waals surface area contributed by atoms with Crippen molar-refractivity contribution in [2.75, 3.05) is 25.5 Å². The molecule has 0 bridgehead atoms. The number of hydrogen-bond acceptors (Lipinski definition) is 4. The van der Waals surface area contributed by atoms with Gasteiger partial charge in [0.25, 0.3) is 5.91 Å². The van der Waals surface area contributed by atoms with E-state index in [4.69, 9.17) is 0 Å². The SMILES string of the molecule is CCNc1cncc(C(=O)N(C)CC(C)C)n1. The van der Waals surface area contributed by atoms with E-state index < -0.39 is 0 Å². The van der Waals surface area contributed by atoms with Crippen LogP contribution in [0, 0.1) is 5.92 Å². The molecule has 0 spiro atoms. The zero-order valence-corrected chi connectivity index (χ0v) is 10.9. The summed E-state index contributed by atoms with van der Waals surface area (Å²) in [7, 11) is 1.78. The van der Waals surface area contributed by atoms with Crippen LogP contribution in [0.4, 0.5) is 5.82 Å². The van der Waals surface area contributed by atoms with E-state index in [1.54, 1.807) is 18.1 Å². The van der Waals surface area contributed by atoms with Crippen LogP contribution in [0.1, 0.15) is 31.3 Å². The second-order valence-corrected chi connectivity index (χ2v) is 4.40. The van der Waals surface area contributed by atoms with Crippen LogP contribution in [0.2, 0.25) is 0 Å². The molecule has 0 saturated heterocycles. The number of carbonyl (C=O) groups is 1. The van der Waals surface area contributed by atoms with E-state index in [9.17, 15) is 4.79 Å². The second kappa shape index (κ2) is 6.18. The third-order valence-corrected chi connectivity index (χ3v) is 2.20. The van der Waals surface area contributed by atoms with Gasteiger partial charge in [-0.25, -0.2) is 4.98 Å². The first kappa shape index (κ1) is 13.4. The summed E-state index contributed by atoms with van der Waals surface area (Å²) in [5.41, 5.74) is 0.381. The van der Waals surface area contributed by atoms with E-state index >= 15 is 0 Å². The number of amides is 1. The summed E-state index contributed by atoms with van der Waals surface area (Å²) in [6, 6.07) is 0. The van der Waals surface area contributed by atoms with Crippen molar-refractivity contribution in [3.05, 3.63) is 18.1 Å². The Hall–Kier alpha value is -1.65. The molecule has 1 heterocycles. The molecular weight excluding hydrogens is 216 g/mol. The number of nitrogens with one attached hydrogen (secondary N) is 1. The number of aromatic nitrogens is 2. The quantitative estimate of drug-likeness (QED) is 0.844. The standard InChI is InChI=1S/C12H20N4O/c1-5-14-11-7-13-6-10(15-11)12(17)16(4)8-9(2)3/h6-7,9H,5,8H2,1-4H3,(H,14,15). The minimum Gasteiger partial charge on any atom is -0.369 e. The molecule has 0 saturated carbocycles. The van der Waals surface area contributed by atoms with Gasteiger partial charge in [0.15, 0.2) is 0 Å². The minimum atomic E-state index is -0.0917. The van der Waals surface area contributed by atoms with Gasteiger partial charge in [0, 0.05) is 20.1 Å². The van der Waals surface area contributed by atoms with E-state index in [2.05, 4.69) is 29.1 Å². The normalized spacial score (nSPS) is 10.4. The van der Waals surface area contributed by atoms with Gasteiger partial charge < -0.3 is 10.2 Å². The number of nitrogens with zero attached hydrogens (tertiary/aromatic N) is 3. The van der Waals surface area contributed by atoms with Gasteiger partial charge >= 0.3 is 0 Å². The highest BCUT2D eigenvalue weighted by atomic mass is 16.2. The Kier molecular flexibility index (Phi) is 4.87. The predicted octanol–water partition coefficient (Wildman–Crippen LogP) is 1.64. The molecule has 1 rings (SSSR count). The Labute approximate surface area is 102 Å². The van der Waals surface area contributed by atoms with Crippen LogP contribution in [0.15, 0.2) is 12.4 Å². The van der Waals surface area contributed by atoms with Crippen molar-refractivity contribution in [3.63, 3.8) is 0 Å². The first-order chi connectivity index (χ1) is 8.04. The summed E-state index contributed by atoms with van der Waals surface area (Å²) in [6.07, 6.45) is 3.11. The molecule has 1 aromatic rings. The van der Waals surface area contributed by atoms with Crippen LogP contribution in [0.25, 0.3) is 0 Å². The molecule has 17 heavy (non-hydrogen) atoms. The molecule has 1 aromatic heterocycles. The molecule has 0 atom stereocenters. The maximum atomic E-state index is 12.0. The highest BCUT2D eigenvalue weighted by molar-refractivity contribution is 5.92. The molecule has 0 aliphatic carbocycles. The summed E-state index contributed by atoms with van der Waals surface area (Å²) in [5.74, 6) is 0.983. The van der Waals surface area contributed by atoms with Crippen LogP contribution < -0.4 is 5.32 Å². The molecule has 0 fully saturated rings. The third-order valence-electron chi connectivity index (χ3n) is 2.20. The average molecular weight is 236 g/mol. The molecule has 94 valence electrons. The maximum Gasteiger partial charge on any atom is 0.273 e. The fraction of sp³-hybridized carbons (Fsp3) is 0.583. The lowest BCUT2D eigenvalue weighted by Crippen LogP contribution is -2.31. The van der Waals surface area contributed by atoms with Gasteiger partial charge in [0.2, 0.25) is 0 Å². The third kappa shape index (κ3) is 4.01. The smallest absolute Gasteiger partial charge is 0.273 e. The fourth-order valence-electron chi connectivity index (χ4n) is 1.56. The number of carbonyl (C=O) groups excluding carboxylic acids is 1. The zero-order valence-electron chi connectivity index (χ0n) is 10.9. The Balaban J connectivity index is 2.77.